The molecule has 52 heteroatoms. The van der Waals surface area contributed by atoms with Gasteiger partial charge in [0.2, 0.25) is 5.75 Å². The number of hydrogen-bond donors (Lipinski definition) is 25. The van der Waals surface area contributed by atoms with Crippen molar-refractivity contribution < 1.29 is 156 Å². The van der Waals surface area contributed by atoms with Crippen LogP contribution in [0.4, 0.5) is 0 Å². The third-order valence-corrected chi connectivity index (χ3v) is 36.9. The number of halogens is 21. The summed E-state index contributed by atoms with van der Waals surface area (Å²) in [7, 11) is 0. The number of aromatic hydroxyl groups is 25. The molecule has 130 heavy (non-hydrogen) atoms. The second-order valence-electron chi connectivity index (χ2n) is 24.8. The maximum Gasteiger partial charge on any atom is 0.202 e. The van der Waals surface area contributed by atoms with E-state index >= 15 is 0 Å². The predicted molar refractivity (Wildman–Crippen MR) is 541 cm³/mol. The van der Waals surface area contributed by atoms with Crippen LogP contribution in [0.3, 0.4) is 0 Å². The molecule has 12 aromatic carbocycles. The third-order valence-electron chi connectivity index (χ3n) is 16.8. The number of carbonyl (C=O) groups is 6. The van der Waals surface area contributed by atoms with Gasteiger partial charge in [0, 0.05) is 80.3 Å². The Bertz CT molecular complexity index is 6540. The number of rotatable bonds is 12. The van der Waals surface area contributed by atoms with Crippen molar-refractivity contribution in [1.29, 1.82) is 0 Å². The van der Waals surface area contributed by atoms with Crippen molar-refractivity contribution in [2.45, 2.75) is 0 Å². The summed E-state index contributed by atoms with van der Waals surface area (Å²) in [6, 6.07) is 16.3. The lowest BCUT2D eigenvalue weighted by molar-refractivity contribution is 0.102. The lowest BCUT2D eigenvalue weighted by atomic mass is 10.0. The van der Waals surface area contributed by atoms with E-state index in [2.05, 4.69) is 335 Å². The largest absolute Gasteiger partial charge is 0.504 e. The smallest absolute Gasteiger partial charge is 0.202 e. The Labute approximate surface area is 902 Å². The van der Waals surface area contributed by atoms with Crippen molar-refractivity contribution in [2.75, 3.05) is 0 Å². The molecule has 0 atom stereocenters. The average molecular weight is 3150 g/mol. The Morgan fingerprint density at radius 2 is 0.369 bits per heavy atom. The Balaban J connectivity index is 0.000000214. The molecule has 25 N–H and O–H groups in total. The summed E-state index contributed by atoms with van der Waals surface area (Å²) in [5.74, 6) is -15.2. The van der Waals surface area contributed by atoms with Gasteiger partial charge in [-0.15, -0.1) is 0 Å². The normalized spacial score (nSPS) is 10.7. The fraction of sp³-hybridized carbons (Fsp3) is 0. The molecule has 0 radical (unpaired) electrons. The highest BCUT2D eigenvalue weighted by Gasteiger charge is 2.35. The van der Waals surface area contributed by atoms with Crippen molar-refractivity contribution >= 4 is 369 Å². The van der Waals surface area contributed by atoms with E-state index < -0.39 is 155 Å². The van der Waals surface area contributed by atoms with Crippen molar-refractivity contribution in [1.82, 2.24) is 0 Å². The van der Waals surface area contributed by atoms with E-state index in [1.807, 2.05) is 0 Å². The Hall–Kier alpha value is -6.26. The Kier molecular flexibility index (Phi) is 38.8. The van der Waals surface area contributed by atoms with Crippen LogP contribution in [-0.4, -0.2) is 162 Å². The van der Waals surface area contributed by atoms with E-state index in [1.54, 1.807) is 0 Å². The Morgan fingerprint density at radius 1 is 0.146 bits per heavy atom. The van der Waals surface area contributed by atoms with Gasteiger partial charge in [-0.05, 0) is 419 Å². The molecule has 0 bridgehead atoms. The van der Waals surface area contributed by atoms with E-state index in [0.717, 1.165) is 48.5 Å². The molecule has 0 aromatic heterocycles. The molecule has 684 valence electrons. The van der Waals surface area contributed by atoms with Gasteiger partial charge in [0.1, 0.15) is 0 Å². The summed E-state index contributed by atoms with van der Waals surface area (Å²) in [5, 5.41) is 240. The summed E-state index contributed by atoms with van der Waals surface area (Å²) in [5.41, 5.74) is 0.442. The molecular weight excluding hydrogens is 3110 g/mol. The van der Waals surface area contributed by atoms with Gasteiger partial charge in [-0.2, -0.15) is 0 Å². The van der Waals surface area contributed by atoms with E-state index in [1.165, 1.54) is 36.4 Å². The molecule has 0 saturated heterocycles. The van der Waals surface area contributed by atoms with Crippen LogP contribution in [0.1, 0.15) is 95.5 Å². The number of ketones is 6. The summed E-state index contributed by atoms with van der Waals surface area (Å²) in [6.45, 7) is 0. The molecule has 12 aromatic rings. The summed E-state index contributed by atoms with van der Waals surface area (Å²) in [4.78, 5) is 75.6. The molecule has 0 spiro atoms. The summed E-state index contributed by atoms with van der Waals surface area (Å²) >= 11 is 65.0. The monoisotopic (exact) mass is 3130 g/mol. The molecule has 31 nitrogen and oxygen atoms in total. The lowest BCUT2D eigenvalue weighted by Crippen LogP contribution is -2.07. The molecule has 0 unspecified atom stereocenters. The minimum Gasteiger partial charge on any atom is -0.504 e. The quantitative estimate of drug-likeness (QED) is 0.0307. The topological polar surface area (TPSA) is 608 Å². The van der Waals surface area contributed by atoms with E-state index in [4.69, 9.17) is 0 Å². The zero-order chi connectivity index (χ0) is 98.8. The molecule has 0 saturated carbocycles. The molecule has 0 fully saturated rings. The predicted octanol–water partition coefficient (Wildman–Crippen LogP) is 26.2. The van der Waals surface area contributed by atoms with Crippen LogP contribution in [0, 0.1) is 0 Å². The first-order valence-electron chi connectivity index (χ1n) is 32.9. The zero-order valence-corrected chi connectivity index (χ0v) is 95.0. The molecule has 12 rings (SSSR count). The van der Waals surface area contributed by atoms with Crippen LogP contribution < -0.4 is 0 Å². The average Bonchev–Trinajstić information content (AvgIpc) is 0.773. The first-order valence-corrected chi connectivity index (χ1v) is 49.5. The highest BCUT2D eigenvalue weighted by Crippen LogP contribution is 2.56. The zero-order valence-electron chi connectivity index (χ0n) is 61.6. The summed E-state index contributed by atoms with van der Waals surface area (Å²) in [6.07, 6.45) is 0. The first kappa shape index (κ1) is 111. The van der Waals surface area contributed by atoms with Crippen LogP contribution in [0.15, 0.2) is 179 Å². The SMILES string of the molecule is O=C(c1c(Br)c(O)c(O)c(Br)c1Br)c1c(Br)c(O)c(O)c(Br)c1Br.O=C(c1cc(O)c(O)c(Br)c1Br)c1c(Br)c(O)c(O)c(Br)c1Br.O=C(c1cc(O)c(O)c(Br)c1Br)c1cc(O)c(O)c(Br)c1Br.O=C(c1cc(O)c(O)cc1Br)c1cc(O)c(O)c(Br)c1Br.O=C(c1ccc(O)c(O)c1)c1c(Br)c(O)c(O)c(O)c1Br.O=C(c1ccc(O)c(O)c1)c1ccc(O)c(O)c1Br. The minimum absolute atomic E-state index is 0.00411. The number of phenolic OH excluding ortho intramolecular Hbond substituents is 25. The number of hydrogen-bond acceptors (Lipinski definition) is 31. The van der Waals surface area contributed by atoms with Gasteiger partial charge in [0.15, 0.2) is 173 Å². The molecule has 0 heterocycles. The second-order valence-corrected chi connectivity index (χ2v) is 41.5. The van der Waals surface area contributed by atoms with E-state index in [0.29, 0.717) is 0 Å². The van der Waals surface area contributed by atoms with Crippen LogP contribution in [0.5, 0.6) is 144 Å². The van der Waals surface area contributed by atoms with Gasteiger partial charge in [-0.25, -0.2) is 0 Å². The first-order chi connectivity index (χ1) is 60.2. The number of phenols is 25. The lowest BCUT2D eigenvalue weighted by Gasteiger charge is -2.16. The van der Waals surface area contributed by atoms with Crippen molar-refractivity contribution in [3.8, 4) is 144 Å². The molecular formula is C78H39Br21O31. The molecule has 0 aliphatic heterocycles. The number of carbonyl (C=O) groups excluding carboxylic acids is 6. The highest BCUT2D eigenvalue weighted by molar-refractivity contribution is 9.15. The van der Waals surface area contributed by atoms with E-state index in [-0.39, 0.29) is 184 Å². The van der Waals surface area contributed by atoms with Crippen molar-refractivity contribution in [2.24, 2.45) is 0 Å². The van der Waals surface area contributed by atoms with Gasteiger partial charge < -0.3 is 128 Å². The van der Waals surface area contributed by atoms with Gasteiger partial charge in [-0.1, -0.05) is 0 Å². The van der Waals surface area contributed by atoms with Crippen LogP contribution in [0.25, 0.3) is 0 Å². The van der Waals surface area contributed by atoms with Crippen molar-refractivity contribution in [3.05, 3.63) is 246 Å². The Morgan fingerprint density at radius 3 is 0.685 bits per heavy atom. The second kappa shape index (κ2) is 45.6. The minimum atomic E-state index is -0.779. The van der Waals surface area contributed by atoms with E-state index in [9.17, 15) is 156 Å². The summed E-state index contributed by atoms with van der Waals surface area (Å²) < 4.78 is 2.28. The van der Waals surface area contributed by atoms with Gasteiger partial charge >= 0.3 is 0 Å². The van der Waals surface area contributed by atoms with Gasteiger partial charge in [0.05, 0.1) is 80.4 Å². The molecule has 0 aliphatic rings. The van der Waals surface area contributed by atoms with Crippen LogP contribution in [-0.2, 0) is 0 Å². The van der Waals surface area contributed by atoms with Crippen molar-refractivity contribution in [3.63, 3.8) is 0 Å². The maximum absolute atomic E-state index is 13.0. The maximum atomic E-state index is 13.0. The van der Waals surface area contributed by atoms with Crippen LogP contribution in [0.2, 0.25) is 0 Å². The van der Waals surface area contributed by atoms with Gasteiger partial charge in [0.25, 0.3) is 0 Å². The third kappa shape index (κ3) is 23.2. The number of benzene rings is 12. The van der Waals surface area contributed by atoms with Gasteiger partial charge in [-0.3, -0.25) is 28.8 Å². The highest BCUT2D eigenvalue weighted by atomic mass is 79.9. The molecule has 0 aliphatic carbocycles. The standard InChI is InChI=1S/C13H4Br6O5.C13H5Br5O5.C13H6Br4O5.C13H7Br3O5.C13H8Br2O6.C13H9BrO5/c14-3-1(5(16)10(21)12(23)7(3)18)9(20)2-4(15)8(19)13(24)11(22)6(2)17;14-5-2(1-3(19)11(21)8(5)17)10(20)4-6(15)9(18)13(23)12(22)7(4)16;14-7-3(1-5(18)12(21)9(7)16)11(20)4-2-6(19)13(22)10(17)8(4)15;14-6-3-8(18)7(17)1-4(6)12(20)5-2-9(19)13(21)11(16)10(5)15;14-8-7(9(15)12(20)13(21)11(8)19)10(18)4-1-2-5(16)6(17)3-4;14-11-7(2-4-9(16)13(11)19)12(18)6-1-3-8(15)10(17)5-6/h21-24H;1,19,21-23H;1-2,18-19,21-22H;1-3,17-19,21H;1-3,16-17,19-21H;1-5,15-17,19H. The van der Waals surface area contributed by atoms with Crippen LogP contribution >= 0.6 is 335 Å². The fourth-order valence-corrected chi connectivity index (χ4v) is 21.4. The molecule has 0 amide bonds. The fourth-order valence-electron chi connectivity index (χ4n) is 10.1.